The number of hydrogen-bond acceptors (Lipinski definition) is 3. The molecule has 2 amide bonds. The molecule has 0 fully saturated rings. The largest absolute Gasteiger partial charge is 0.387 e. The fourth-order valence-electron chi connectivity index (χ4n) is 2.62. The molecule has 2 unspecified atom stereocenters. The van der Waals surface area contributed by atoms with Crippen molar-refractivity contribution in [2.24, 2.45) is 0 Å². The van der Waals surface area contributed by atoms with E-state index in [0.29, 0.717) is 11.1 Å². The van der Waals surface area contributed by atoms with Crippen LogP contribution in [0.3, 0.4) is 0 Å². The Morgan fingerprint density at radius 3 is 2.14 bits per heavy atom. The van der Waals surface area contributed by atoms with Crippen LogP contribution in [0.5, 0.6) is 0 Å². The van der Waals surface area contributed by atoms with Crippen LogP contribution in [0, 0.1) is 5.82 Å². The first-order valence-corrected chi connectivity index (χ1v) is 9.20. The summed E-state index contributed by atoms with van der Waals surface area (Å²) in [6, 6.07) is 11.9. The summed E-state index contributed by atoms with van der Waals surface area (Å²) in [6.45, 7) is 7.81. The van der Waals surface area contributed by atoms with Crippen molar-refractivity contribution in [3.63, 3.8) is 0 Å². The zero-order valence-corrected chi connectivity index (χ0v) is 16.6. The molecule has 0 saturated carbocycles. The summed E-state index contributed by atoms with van der Waals surface area (Å²) >= 11 is 0. The van der Waals surface area contributed by atoms with Gasteiger partial charge in [-0.05, 0) is 47.7 Å². The van der Waals surface area contributed by atoms with Crippen molar-refractivity contribution in [2.75, 3.05) is 6.54 Å². The highest BCUT2D eigenvalue weighted by molar-refractivity contribution is 5.97. The van der Waals surface area contributed by atoms with Crippen LogP contribution in [0.1, 0.15) is 55.3 Å². The van der Waals surface area contributed by atoms with E-state index in [1.54, 1.807) is 19.1 Å². The van der Waals surface area contributed by atoms with Gasteiger partial charge in [0.2, 0.25) is 5.91 Å². The Morgan fingerprint density at radius 2 is 1.61 bits per heavy atom. The summed E-state index contributed by atoms with van der Waals surface area (Å²) in [6.07, 6.45) is -0.961. The molecule has 28 heavy (non-hydrogen) atoms. The van der Waals surface area contributed by atoms with Gasteiger partial charge in [-0.1, -0.05) is 45.0 Å². The minimum absolute atomic E-state index is 0.00641. The fraction of sp³-hybridized carbons (Fsp3) is 0.364. The maximum atomic E-state index is 12.9. The highest BCUT2D eigenvalue weighted by atomic mass is 19.1. The molecule has 2 aromatic rings. The summed E-state index contributed by atoms with van der Waals surface area (Å²) in [5, 5.41) is 15.3. The van der Waals surface area contributed by atoms with E-state index in [1.165, 1.54) is 24.3 Å². The van der Waals surface area contributed by atoms with Crippen LogP contribution in [0.15, 0.2) is 48.5 Å². The molecule has 0 aliphatic heterocycles. The molecule has 2 rings (SSSR count). The third kappa shape index (κ3) is 5.89. The highest BCUT2D eigenvalue weighted by Crippen LogP contribution is 2.22. The Bertz CT molecular complexity index is 811. The Kier molecular flexibility index (Phi) is 6.91. The summed E-state index contributed by atoms with van der Waals surface area (Å²) in [4.78, 5) is 24.5. The summed E-state index contributed by atoms with van der Waals surface area (Å²) < 4.78 is 12.9. The predicted octanol–water partition coefficient (Wildman–Crippen LogP) is 3.09. The van der Waals surface area contributed by atoms with Gasteiger partial charge < -0.3 is 15.7 Å². The number of hydrogen-bond donors (Lipinski definition) is 3. The Hall–Kier alpha value is -2.73. The van der Waals surface area contributed by atoms with Gasteiger partial charge in [0.05, 0.1) is 6.10 Å². The number of carbonyl (C=O) groups is 2. The van der Waals surface area contributed by atoms with Gasteiger partial charge in [-0.25, -0.2) is 4.39 Å². The van der Waals surface area contributed by atoms with E-state index < -0.39 is 23.9 Å². The predicted molar refractivity (Wildman–Crippen MR) is 106 cm³/mol. The zero-order valence-electron chi connectivity index (χ0n) is 16.6. The Morgan fingerprint density at radius 1 is 1.04 bits per heavy atom. The van der Waals surface area contributed by atoms with E-state index in [9.17, 15) is 19.1 Å². The van der Waals surface area contributed by atoms with E-state index in [4.69, 9.17) is 0 Å². The van der Waals surface area contributed by atoms with E-state index in [2.05, 4.69) is 31.4 Å². The topological polar surface area (TPSA) is 78.4 Å². The van der Waals surface area contributed by atoms with Crippen molar-refractivity contribution < 1.29 is 19.1 Å². The lowest BCUT2D eigenvalue weighted by Gasteiger charge is -2.19. The van der Waals surface area contributed by atoms with Gasteiger partial charge in [-0.3, -0.25) is 9.59 Å². The fourth-order valence-corrected chi connectivity index (χ4v) is 2.62. The van der Waals surface area contributed by atoms with Crippen molar-refractivity contribution in [1.29, 1.82) is 0 Å². The van der Waals surface area contributed by atoms with Crippen molar-refractivity contribution in [2.45, 2.75) is 45.3 Å². The summed E-state index contributed by atoms with van der Waals surface area (Å²) in [5.41, 5.74) is 2.08. The minimum Gasteiger partial charge on any atom is -0.387 e. The number of carbonyl (C=O) groups excluding carboxylic acids is 2. The lowest BCUT2D eigenvalue weighted by atomic mass is 9.86. The van der Waals surface area contributed by atoms with Crippen LogP contribution in [0.4, 0.5) is 4.39 Å². The zero-order chi connectivity index (χ0) is 20.9. The normalized spacial score (nSPS) is 13.5. The van der Waals surface area contributed by atoms with Crippen LogP contribution in [-0.4, -0.2) is 29.5 Å². The van der Waals surface area contributed by atoms with Gasteiger partial charge in [0.1, 0.15) is 11.9 Å². The van der Waals surface area contributed by atoms with Crippen LogP contribution < -0.4 is 10.6 Å². The van der Waals surface area contributed by atoms with Gasteiger partial charge in [0.25, 0.3) is 5.91 Å². The van der Waals surface area contributed by atoms with E-state index >= 15 is 0 Å². The number of aliphatic hydroxyl groups is 1. The summed E-state index contributed by atoms with van der Waals surface area (Å²) in [5.74, 6) is -1.16. The van der Waals surface area contributed by atoms with Gasteiger partial charge in [-0.2, -0.15) is 0 Å². The third-order valence-corrected chi connectivity index (χ3v) is 4.48. The first-order valence-electron chi connectivity index (χ1n) is 9.20. The van der Waals surface area contributed by atoms with Crippen molar-refractivity contribution in [3.05, 3.63) is 71.0 Å². The maximum absolute atomic E-state index is 12.9. The molecular weight excluding hydrogens is 359 g/mol. The molecule has 0 spiro atoms. The molecule has 0 aliphatic rings. The average Bonchev–Trinajstić information content (AvgIpc) is 2.65. The Labute approximate surface area is 165 Å². The second-order valence-electron chi connectivity index (χ2n) is 7.84. The van der Waals surface area contributed by atoms with Gasteiger partial charge in [0.15, 0.2) is 0 Å². The number of nitrogens with one attached hydrogen (secondary N) is 2. The van der Waals surface area contributed by atoms with Gasteiger partial charge in [-0.15, -0.1) is 0 Å². The van der Waals surface area contributed by atoms with E-state index in [1.807, 2.05) is 12.1 Å². The van der Waals surface area contributed by atoms with Crippen LogP contribution in [0.25, 0.3) is 0 Å². The molecule has 0 radical (unpaired) electrons. The SMILES string of the molecule is CC(NC(=O)c1ccc(C(C)(C)C)cc1)C(=O)NCC(O)c1ccc(F)cc1. The smallest absolute Gasteiger partial charge is 0.251 e. The standard InChI is InChI=1S/C22H27FN2O3/c1-14(20(27)24-13-19(26)15-7-11-18(23)12-8-15)25-21(28)16-5-9-17(10-6-16)22(2,3)4/h5-12,14,19,26H,13H2,1-4H3,(H,24,27)(H,25,28). The van der Waals surface area contributed by atoms with Crippen LogP contribution in [-0.2, 0) is 10.2 Å². The van der Waals surface area contributed by atoms with Gasteiger partial charge >= 0.3 is 0 Å². The highest BCUT2D eigenvalue weighted by Gasteiger charge is 2.19. The second kappa shape index (κ2) is 8.97. The molecule has 3 N–H and O–H groups in total. The molecule has 2 atom stereocenters. The number of halogens is 1. The first kappa shape index (κ1) is 21.6. The molecule has 5 nitrogen and oxygen atoms in total. The van der Waals surface area contributed by atoms with E-state index in [0.717, 1.165) is 5.56 Å². The summed E-state index contributed by atoms with van der Waals surface area (Å²) in [7, 11) is 0. The van der Waals surface area contributed by atoms with Crippen LogP contribution >= 0.6 is 0 Å². The van der Waals surface area contributed by atoms with Crippen molar-refractivity contribution >= 4 is 11.8 Å². The lowest BCUT2D eigenvalue weighted by molar-refractivity contribution is -0.123. The molecule has 150 valence electrons. The van der Waals surface area contributed by atoms with Gasteiger partial charge in [0, 0.05) is 12.1 Å². The lowest BCUT2D eigenvalue weighted by Crippen LogP contribution is -2.45. The number of amides is 2. The molecule has 0 bridgehead atoms. The second-order valence-corrected chi connectivity index (χ2v) is 7.84. The average molecular weight is 386 g/mol. The minimum atomic E-state index is -0.961. The molecule has 0 aromatic heterocycles. The number of aliphatic hydroxyl groups excluding tert-OH is 1. The molecule has 0 heterocycles. The molecular formula is C22H27FN2O3. The van der Waals surface area contributed by atoms with Crippen LogP contribution in [0.2, 0.25) is 0 Å². The number of benzene rings is 2. The van der Waals surface area contributed by atoms with Crippen molar-refractivity contribution in [1.82, 2.24) is 10.6 Å². The quantitative estimate of drug-likeness (QED) is 0.714. The molecule has 6 heteroatoms. The van der Waals surface area contributed by atoms with Crippen molar-refractivity contribution in [3.8, 4) is 0 Å². The maximum Gasteiger partial charge on any atom is 0.251 e. The van der Waals surface area contributed by atoms with E-state index in [-0.39, 0.29) is 17.9 Å². The monoisotopic (exact) mass is 386 g/mol. The molecule has 2 aromatic carbocycles. The molecule has 0 aliphatic carbocycles. The third-order valence-electron chi connectivity index (χ3n) is 4.48. The molecule has 0 saturated heterocycles. The Balaban J connectivity index is 1.87. The number of rotatable bonds is 6. The first-order chi connectivity index (χ1) is 13.1.